The van der Waals surface area contributed by atoms with E-state index in [4.69, 9.17) is 5.73 Å². The van der Waals surface area contributed by atoms with Crippen molar-refractivity contribution >= 4 is 5.69 Å². The van der Waals surface area contributed by atoms with E-state index in [2.05, 4.69) is 4.90 Å². The van der Waals surface area contributed by atoms with E-state index in [9.17, 15) is 13.2 Å². The van der Waals surface area contributed by atoms with Gasteiger partial charge in [0.25, 0.3) is 0 Å². The van der Waals surface area contributed by atoms with Gasteiger partial charge in [0.15, 0.2) is 0 Å². The van der Waals surface area contributed by atoms with E-state index < -0.39 is 11.7 Å². The highest BCUT2D eigenvalue weighted by atomic mass is 19.4. The largest absolute Gasteiger partial charge is 0.416 e. The average Bonchev–Trinajstić information content (AvgIpc) is 2.36. The number of benzene rings is 1. The molecule has 20 heavy (non-hydrogen) atoms. The van der Waals surface area contributed by atoms with Gasteiger partial charge in [-0.2, -0.15) is 13.2 Å². The van der Waals surface area contributed by atoms with Crippen LogP contribution in [0.1, 0.15) is 18.1 Å². The monoisotopic (exact) mass is 289 g/mol. The third-order valence-electron chi connectivity index (χ3n) is 3.28. The zero-order valence-corrected chi connectivity index (χ0v) is 12.2. The second-order valence-electron chi connectivity index (χ2n) is 5.05. The highest BCUT2D eigenvalue weighted by Gasteiger charge is 2.33. The van der Waals surface area contributed by atoms with Crippen molar-refractivity contribution in [1.29, 1.82) is 0 Å². The predicted octanol–water partition coefficient (Wildman–Crippen LogP) is 2.67. The van der Waals surface area contributed by atoms with Crippen LogP contribution in [0.15, 0.2) is 18.2 Å². The Balaban J connectivity index is 2.77. The molecule has 114 valence electrons. The minimum atomic E-state index is -4.37. The summed E-state index contributed by atoms with van der Waals surface area (Å²) in [4.78, 5) is 4.00. The van der Waals surface area contributed by atoms with Gasteiger partial charge in [-0.15, -0.1) is 0 Å². The topological polar surface area (TPSA) is 32.5 Å². The first kappa shape index (κ1) is 16.8. The van der Waals surface area contributed by atoms with Gasteiger partial charge in [0.2, 0.25) is 0 Å². The molecule has 1 aromatic rings. The molecule has 0 saturated heterocycles. The van der Waals surface area contributed by atoms with Gasteiger partial charge in [-0.25, -0.2) is 0 Å². The van der Waals surface area contributed by atoms with E-state index >= 15 is 0 Å². The lowest BCUT2D eigenvalue weighted by molar-refractivity contribution is -0.138. The van der Waals surface area contributed by atoms with E-state index in [1.807, 2.05) is 25.9 Å². The summed E-state index contributed by atoms with van der Waals surface area (Å²) >= 11 is 0. The van der Waals surface area contributed by atoms with Crippen LogP contribution in [0.3, 0.4) is 0 Å². The average molecular weight is 289 g/mol. The number of nitrogens with two attached hydrogens (primary N) is 1. The summed E-state index contributed by atoms with van der Waals surface area (Å²) in [5, 5.41) is 0. The molecule has 0 spiro atoms. The summed E-state index contributed by atoms with van der Waals surface area (Å²) in [5.41, 5.74) is 5.20. The van der Waals surface area contributed by atoms with Gasteiger partial charge in [0.05, 0.1) is 5.56 Å². The summed E-state index contributed by atoms with van der Waals surface area (Å²) in [6, 6.07) is 3.97. The van der Waals surface area contributed by atoms with Crippen molar-refractivity contribution in [3.8, 4) is 0 Å². The molecule has 0 radical (unpaired) electrons. The number of anilines is 1. The lowest BCUT2D eigenvalue weighted by atomic mass is 10.1. The van der Waals surface area contributed by atoms with E-state index in [1.54, 1.807) is 0 Å². The Bertz CT molecular complexity index is 432. The molecular formula is C14H22F3N3. The van der Waals surface area contributed by atoms with Gasteiger partial charge in [-0.1, -0.05) is 13.0 Å². The maximum absolute atomic E-state index is 13.0. The molecule has 0 aliphatic rings. The number of rotatable bonds is 6. The van der Waals surface area contributed by atoms with Crippen molar-refractivity contribution < 1.29 is 13.2 Å². The summed E-state index contributed by atoms with van der Waals surface area (Å²) < 4.78 is 38.9. The summed E-state index contributed by atoms with van der Waals surface area (Å²) in [6.45, 7) is 4.76. The highest BCUT2D eigenvalue weighted by molar-refractivity contribution is 5.46. The number of hydrogen-bond donors (Lipinski definition) is 1. The van der Waals surface area contributed by atoms with Crippen LogP contribution >= 0.6 is 0 Å². The van der Waals surface area contributed by atoms with Crippen molar-refractivity contribution in [2.45, 2.75) is 19.6 Å². The van der Waals surface area contributed by atoms with Crippen LogP contribution < -0.4 is 5.73 Å². The fraction of sp³-hybridized carbons (Fsp3) is 0.571. The maximum atomic E-state index is 13.0. The standard InChI is InChI=1S/C14H22F3N3/c1-4-19(2)7-8-20(3)10-11-5-6-12(18)9-13(11)14(15,16)17/h5-6,9H,4,7-8,10,18H2,1-3H3. The highest BCUT2D eigenvalue weighted by Crippen LogP contribution is 2.33. The summed E-state index contributed by atoms with van der Waals surface area (Å²) in [7, 11) is 3.80. The Hall–Kier alpha value is -1.27. The summed E-state index contributed by atoms with van der Waals surface area (Å²) in [5.74, 6) is 0. The zero-order chi connectivity index (χ0) is 15.3. The predicted molar refractivity (Wildman–Crippen MR) is 75.4 cm³/mol. The molecule has 3 nitrogen and oxygen atoms in total. The number of halogens is 3. The molecule has 0 unspecified atom stereocenters. The number of nitrogen functional groups attached to an aromatic ring is 1. The van der Waals surface area contributed by atoms with Crippen molar-refractivity contribution in [1.82, 2.24) is 9.80 Å². The first-order valence-corrected chi connectivity index (χ1v) is 6.56. The lowest BCUT2D eigenvalue weighted by Gasteiger charge is -2.22. The van der Waals surface area contributed by atoms with Crippen LogP contribution in [0.5, 0.6) is 0 Å². The molecule has 0 bridgehead atoms. The second-order valence-corrected chi connectivity index (χ2v) is 5.05. The Morgan fingerprint density at radius 2 is 1.70 bits per heavy atom. The van der Waals surface area contributed by atoms with Crippen molar-refractivity contribution in [2.75, 3.05) is 39.5 Å². The molecule has 1 rings (SSSR count). The molecule has 6 heteroatoms. The molecule has 0 amide bonds. The Morgan fingerprint density at radius 1 is 1.10 bits per heavy atom. The van der Waals surface area contributed by atoms with Crippen LogP contribution in [-0.2, 0) is 12.7 Å². The molecule has 0 aliphatic heterocycles. The first-order valence-electron chi connectivity index (χ1n) is 6.56. The van der Waals surface area contributed by atoms with E-state index in [-0.39, 0.29) is 17.8 Å². The number of likely N-dealkylation sites (N-methyl/N-ethyl adjacent to an activating group) is 2. The normalized spacial score (nSPS) is 12.4. The van der Waals surface area contributed by atoms with E-state index in [0.717, 1.165) is 19.2 Å². The first-order chi connectivity index (χ1) is 9.24. The smallest absolute Gasteiger partial charge is 0.399 e. The van der Waals surface area contributed by atoms with Crippen molar-refractivity contribution in [3.63, 3.8) is 0 Å². The second kappa shape index (κ2) is 6.95. The molecule has 0 heterocycles. The van der Waals surface area contributed by atoms with Crippen LogP contribution in [0.25, 0.3) is 0 Å². The van der Waals surface area contributed by atoms with Gasteiger partial charge in [0.1, 0.15) is 0 Å². The minimum Gasteiger partial charge on any atom is -0.399 e. The summed E-state index contributed by atoms with van der Waals surface area (Å²) in [6.07, 6.45) is -4.37. The van der Waals surface area contributed by atoms with Gasteiger partial charge in [-0.05, 0) is 38.3 Å². The van der Waals surface area contributed by atoms with Gasteiger partial charge < -0.3 is 15.5 Å². The fourth-order valence-corrected chi connectivity index (χ4v) is 1.87. The third-order valence-corrected chi connectivity index (χ3v) is 3.28. The minimum absolute atomic E-state index is 0.134. The molecule has 0 saturated carbocycles. The van der Waals surface area contributed by atoms with E-state index in [1.165, 1.54) is 12.1 Å². The SMILES string of the molecule is CCN(C)CCN(C)Cc1ccc(N)cc1C(F)(F)F. The number of hydrogen-bond acceptors (Lipinski definition) is 3. The van der Waals surface area contributed by atoms with E-state index in [0.29, 0.717) is 6.54 Å². The number of nitrogens with zero attached hydrogens (tertiary/aromatic N) is 2. The van der Waals surface area contributed by atoms with Crippen LogP contribution in [0, 0.1) is 0 Å². The fourth-order valence-electron chi connectivity index (χ4n) is 1.87. The van der Waals surface area contributed by atoms with Crippen LogP contribution in [0.2, 0.25) is 0 Å². The maximum Gasteiger partial charge on any atom is 0.416 e. The zero-order valence-electron chi connectivity index (χ0n) is 12.2. The van der Waals surface area contributed by atoms with Crippen molar-refractivity contribution in [3.05, 3.63) is 29.3 Å². The van der Waals surface area contributed by atoms with Gasteiger partial charge in [-0.3, -0.25) is 0 Å². The quantitative estimate of drug-likeness (QED) is 0.817. The number of alkyl halides is 3. The molecule has 2 N–H and O–H groups in total. The molecule has 0 fully saturated rings. The van der Waals surface area contributed by atoms with Gasteiger partial charge in [0, 0.05) is 25.3 Å². The molecule has 0 aliphatic carbocycles. The van der Waals surface area contributed by atoms with Crippen molar-refractivity contribution in [2.24, 2.45) is 0 Å². The lowest BCUT2D eigenvalue weighted by Crippen LogP contribution is -2.31. The molecule has 0 aromatic heterocycles. The molecular weight excluding hydrogens is 267 g/mol. The van der Waals surface area contributed by atoms with Crippen LogP contribution in [0.4, 0.5) is 18.9 Å². The van der Waals surface area contributed by atoms with Crippen LogP contribution in [-0.4, -0.2) is 43.5 Å². The van der Waals surface area contributed by atoms with Gasteiger partial charge >= 0.3 is 6.18 Å². The molecule has 0 atom stereocenters. The third kappa shape index (κ3) is 5.02. The molecule has 1 aromatic carbocycles. The Morgan fingerprint density at radius 3 is 2.25 bits per heavy atom. The Kier molecular flexibility index (Phi) is 5.83. The Labute approximate surface area is 118 Å².